The molecule has 0 bridgehead atoms. The minimum absolute atomic E-state index is 0. The molecule has 0 aromatic rings. The maximum Gasteiger partial charge on any atom is 0.155 e. The first-order chi connectivity index (χ1) is 7.99. The molecule has 0 heterocycles. The van der Waals surface area contributed by atoms with Gasteiger partial charge in [-0.2, -0.15) is 0 Å². The van der Waals surface area contributed by atoms with Crippen LogP contribution in [0.1, 0.15) is 54.4 Å². The average molecular weight is 438 g/mol. The molecule has 0 aliphatic carbocycles. The molecular weight excluding hydrogens is 402 g/mol. The molecule has 0 aliphatic rings. The summed E-state index contributed by atoms with van der Waals surface area (Å²) in [7, 11) is -0.0312. The summed E-state index contributed by atoms with van der Waals surface area (Å²) in [5.41, 5.74) is 0. The molecule has 0 aromatic heterocycles. The van der Waals surface area contributed by atoms with Crippen molar-refractivity contribution in [3.8, 4) is 0 Å². The molecule has 0 spiro atoms. The van der Waals surface area contributed by atoms with E-state index >= 15 is 0 Å². The maximum atomic E-state index is 2.41. The van der Waals surface area contributed by atoms with Gasteiger partial charge >= 0.3 is 0 Å². The van der Waals surface area contributed by atoms with Crippen molar-refractivity contribution in [2.24, 2.45) is 11.8 Å². The summed E-state index contributed by atoms with van der Waals surface area (Å²) in [6.07, 6.45) is 9.11. The van der Waals surface area contributed by atoms with Crippen molar-refractivity contribution < 1.29 is 34.0 Å². The van der Waals surface area contributed by atoms with Crippen LogP contribution in [0.5, 0.6) is 0 Å². The first kappa shape index (κ1) is 25.8. The van der Waals surface area contributed by atoms with Crippen molar-refractivity contribution in [1.82, 2.24) is 0 Å². The minimum Gasteiger partial charge on any atom is -1.00 e. The molecule has 0 radical (unpaired) electrons. The van der Waals surface area contributed by atoms with Crippen LogP contribution in [0.3, 0.4) is 0 Å². The van der Waals surface area contributed by atoms with Gasteiger partial charge in [-0.25, -0.2) is 0 Å². The van der Waals surface area contributed by atoms with E-state index in [1.165, 1.54) is 12.8 Å². The Bertz CT molecular complexity index is 158. The van der Waals surface area contributed by atoms with Crippen LogP contribution < -0.4 is 34.0 Å². The van der Waals surface area contributed by atoms with Gasteiger partial charge in [-0.1, -0.05) is 41.5 Å². The molecule has 2 unspecified atom stereocenters. The molecule has 2 atom stereocenters. The summed E-state index contributed by atoms with van der Waals surface area (Å²) in [5.74, 6) is 3.55. The van der Waals surface area contributed by atoms with E-state index in [0.29, 0.717) is 0 Å². The third-order valence-corrected chi connectivity index (χ3v) is 12.3. The SMILES string of the molecule is CCC[PH+](CC(C)C)C[PH+](CCC)CC(C)C.[Br-].[Br-]. The highest BCUT2D eigenvalue weighted by atomic mass is 79.9. The van der Waals surface area contributed by atoms with Crippen LogP contribution in [0.25, 0.3) is 0 Å². The van der Waals surface area contributed by atoms with Crippen LogP contribution in [0, 0.1) is 11.8 Å². The zero-order valence-corrected chi connectivity index (χ0v) is 19.0. The summed E-state index contributed by atoms with van der Waals surface area (Å²) in [6.45, 7) is 14.4. The van der Waals surface area contributed by atoms with Crippen LogP contribution >= 0.6 is 15.8 Å². The molecule has 0 saturated heterocycles. The van der Waals surface area contributed by atoms with E-state index < -0.39 is 0 Å². The number of hydrogen-bond donors (Lipinski definition) is 0. The van der Waals surface area contributed by atoms with Gasteiger partial charge < -0.3 is 34.0 Å². The van der Waals surface area contributed by atoms with Crippen molar-refractivity contribution in [3.63, 3.8) is 0 Å². The highest BCUT2D eigenvalue weighted by Crippen LogP contribution is 2.53. The van der Waals surface area contributed by atoms with E-state index in [1.807, 2.05) is 0 Å². The quantitative estimate of drug-likeness (QED) is 0.405. The van der Waals surface area contributed by atoms with E-state index in [9.17, 15) is 0 Å². The fraction of sp³-hybridized carbons (Fsp3) is 1.00. The fourth-order valence-electron chi connectivity index (χ4n) is 2.74. The van der Waals surface area contributed by atoms with Gasteiger partial charge in [0.2, 0.25) is 0 Å². The smallest absolute Gasteiger partial charge is 0.155 e. The third-order valence-electron chi connectivity index (χ3n) is 3.10. The molecule has 0 rings (SSSR count). The maximum absolute atomic E-state index is 2.41. The van der Waals surface area contributed by atoms with Gasteiger partial charge in [0, 0.05) is 15.8 Å². The van der Waals surface area contributed by atoms with Gasteiger partial charge in [0.25, 0.3) is 0 Å². The van der Waals surface area contributed by atoms with Crippen LogP contribution in [0.2, 0.25) is 0 Å². The highest BCUT2D eigenvalue weighted by molar-refractivity contribution is 7.74. The largest absolute Gasteiger partial charge is 1.00 e. The Balaban J connectivity index is -0.00000128. The molecule has 120 valence electrons. The fourth-order valence-corrected chi connectivity index (χ4v) is 12.3. The predicted molar refractivity (Wildman–Crippen MR) is 91.2 cm³/mol. The summed E-state index contributed by atoms with van der Waals surface area (Å²) in [4.78, 5) is 0. The van der Waals surface area contributed by atoms with E-state index in [1.54, 1.807) is 30.6 Å². The van der Waals surface area contributed by atoms with Gasteiger partial charge in [-0.3, -0.25) is 0 Å². The second-order valence-electron chi connectivity index (χ2n) is 6.37. The molecule has 0 aromatic carbocycles. The van der Waals surface area contributed by atoms with E-state index in [0.717, 1.165) is 11.8 Å². The van der Waals surface area contributed by atoms with Crippen LogP contribution in [0.4, 0.5) is 0 Å². The van der Waals surface area contributed by atoms with E-state index in [4.69, 9.17) is 0 Å². The molecular formula is C15H36Br2P2. The molecule has 0 fully saturated rings. The molecule has 0 aliphatic heterocycles. The average Bonchev–Trinajstić information content (AvgIpc) is 2.16. The lowest BCUT2D eigenvalue weighted by Gasteiger charge is -2.16. The zero-order chi connectivity index (χ0) is 13.3. The van der Waals surface area contributed by atoms with Crippen LogP contribution in [0.15, 0.2) is 0 Å². The second kappa shape index (κ2) is 16.2. The van der Waals surface area contributed by atoms with Crippen molar-refractivity contribution in [1.29, 1.82) is 0 Å². The summed E-state index contributed by atoms with van der Waals surface area (Å²) in [5, 5.41) is 0. The number of hydrogen-bond acceptors (Lipinski definition) is 0. The Labute approximate surface area is 146 Å². The predicted octanol–water partition coefficient (Wildman–Crippen LogP) is -0.488. The van der Waals surface area contributed by atoms with Gasteiger partial charge in [0.15, 0.2) is 5.90 Å². The Kier molecular flexibility index (Phi) is 22.0. The van der Waals surface area contributed by atoms with Crippen molar-refractivity contribution in [3.05, 3.63) is 0 Å². The number of halogens is 2. The van der Waals surface area contributed by atoms with E-state index in [2.05, 4.69) is 41.5 Å². The minimum atomic E-state index is -0.0156. The molecule has 0 amide bonds. The van der Waals surface area contributed by atoms with Crippen molar-refractivity contribution in [2.75, 3.05) is 30.6 Å². The number of rotatable bonds is 10. The first-order valence-electron chi connectivity index (χ1n) is 7.66. The normalized spacial score (nSPS) is 13.9. The molecule has 0 N–H and O–H groups in total. The topological polar surface area (TPSA) is 0 Å². The molecule has 0 nitrogen and oxygen atoms in total. The lowest BCUT2D eigenvalue weighted by Crippen LogP contribution is -3.00. The monoisotopic (exact) mass is 436 g/mol. The van der Waals surface area contributed by atoms with E-state index in [-0.39, 0.29) is 49.8 Å². The Morgan fingerprint density at radius 1 is 0.684 bits per heavy atom. The summed E-state index contributed by atoms with van der Waals surface area (Å²) < 4.78 is 0. The first-order valence-corrected chi connectivity index (χ1v) is 11.9. The Morgan fingerprint density at radius 3 is 1.21 bits per heavy atom. The highest BCUT2D eigenvalue weighted by Gasteiger charge is 2.27. The molecule has 0 saturated carbocycles. The zero-order valence-electron chi connectivity index (χ0n) is 13.9. The Morgan fingerprint density at radius 2 is 1.00 bits per heavy atom. The Hall–Kier alpha value is 1.82. The van der Waals surface area contributed by atoms with Crippen molar-refractivity contribution in [2.45, 2.75) is 54.4 Å². The third kappa shape index (κ3) is 16.0. The van der Waals surface area contributed by atoms with Crippen LogP contribution in [-0.2, 0) is 0 Å². The van der Waals surface area contributed by atoms with Gasteiger partial charge in [-0.05, 0) is 24.7 Å². The van der Waals surface area contributed by atoms with Gasteiger partial charge in [0.05, 0.1) is 24.6 Å². The van der Waals surface area contributed by atoms with Gasteiger partial charge in [-0.15, -0.1) is 0 Å². The van der Waals surface area contributed by atoms with Crippen LogP contribution in [-0.4, -0.2) is 30.6 Å². The molecule has 4 heteroatoms. The second-order valence-corrected chi connectivity index (χ2v) is 12.6. The molecule has 19 heavy (non-hydrogen) atoms. The van der Waals surface area contributed by atoms with Crippen molar-refractivity contribution >= 4 is 15.8 Å². The summed E-state index contributed by atoms with van der Waals surface area (Å²) >= 11 is 0. The lowest BCUT2D eigenvalue weighted by molar-refractivity contribution is -0.00100. The standard InChI is InChI=1S/C15H34P2.2BrH/c1-7-9-16(11-14(3)4)13-17(10-8-2)12-15(5)6;;/h14-15H,7-13H2,1-6H3;2*1H. The van der Waals surface area contributed by atoms with Gasteiger partial charge in [0.1, 0.15) is 0 Å². The lowest BCUT2D eigenvalue weighted by atomic mass is 10.3. The summed E-state index contributed by atoms with van der Waals surface area (Å²) in [6, 6.07) is 0.